The van der Waals surface area contributed by atoms with Crippen molar-refractivity contribution in [2.45, 2.75) is 13.5 Å². The number of aryl methyl sites for hydroxylation is 1. The zero-order chi connectivity index (χ0) is 13.8. The Kier molecular flexibility index (Phi) is 4.14. The smallest absolute Gasteiger partial charge is 0.487 e. The van der Waals surface area contributed by atoms with Gasteiger partial charge in [-0.15, -0.1) is 0 Å². The van der Waals surface area contributed by atoms with Crippen LogP contribution in [0.25, 0.3) is 0 Å². The molecular formula is C13H13BFNO3. The molecule has 2 rings (SSSR count). The number of nitrogens with zero attached hydrogens (tertiary/aromatic N) is 1. The fourth-order valence-electron chi connectivity index (χ4n) is 1.64. The molecule has 0 fully saturated rings. The molecule has 0 saturated carbocycles. The lowest BCUT2D eigenvalue weighted by molar-refractivity contribution is 0.299. The minimum Gasteiger partial charge on any atom is -0.487 e. The highest BCUT2D eigenvalue weighted by atomic mass is 19.1. The third kappa shape index (κ3) is 3.53. The second-order valence-corrected chi connectivity index (χ2v) is 4.15. The summed E-state index contributed by atoms with van der Waals surface area (Å²) in [5.41, 5.74) is 1.77. The Bertz CT molecular complexity index is 578. The zero-order valence-corrected chi connectivity index (χ0v) is 10.4. The van der Waals surface area contributed by atoms with Crippen LogP contribution in [0.1, 0.15) is 11.3 Å². The average molecular weight is 261 g/mol. The van der Waals surface area contributed by atoms with E-state index in [0.29, 0.717) is 0 Å². The number of halogens is 1. The average Bonchev–Trinajstić information content (AvgIpc) is 2.37. The molecule has 0 saturated heterocycles. The molecule has 0 bridgehead atoms. The molecule has 19 heavy (non-hydrogen) atoms. The van der Waals surface area contributed by atoms with Gasteiger partial charge in [-0.2, -0.15) is 0 Å². The first kappa shape index (κ1) is 13.5. The number of hydrogen-bond donors (Lipinski definition) is 2. The van der Waals surface area contributed by atoms with Crippen LogP contribution in [-0.4, -0.2) is 22.2 Å². The molecule has 0 unspecified atom stereocenters. The van der Waals surface area contributed by atoms with Crippen molar-refractivity contribution in [1.82, 2.24) is 4.98 Å². The molecule has 0 aliphatic heterocycles. The van der Waals surface area contributed by atoms with Crippen molar-refractivity contribution in [2.75, 3.05) is 0 Å². The molecule has 1 aromatic heterocycles. The normalized spacial score (nSPS) is 10.3. The van der Waals surface area contributed by atoms with Gasteiger partial charge in [0.2, 0.25) is 0 Å². The summed E-state index contributed by atoms with van der Waals surface area (Å²) in [5.74, 6) is -0.355. The summed E-state index contributed by atoms with van der Waals surface area (Å²) in [6.45, 7) is 2.09. The van der Waals surface area contributed by atoms with E-state index in [1.54, 1.807) is 6.20 Å². The number of aromatic nitrogens is 1. The van der Waals surface area contributed by atoms with Crippen LogP contribution in [0.3, 0.4) is 0 Å². The van der Waals surface area contributed by atoms with Crippen LogP contribution in [0, 0.1) is 12.7 Å². The lowest BCUT2D eigenvalue weighted by atomic mass is 9.80. The topological polar surface area (TPSA) is 62.6 Å². The quantitative estimate of drug-likeness (QED) is 0.798. The van der Waals surface area contributed by atoms with Crippen LogP contribution < -0.4 is 10.2 Å². The van der Waals surface area contributed by atoms with E-state index < -0.39 is 12.9 Å². The first-order valence-electron chi connectivity index (χ1n) is 5.76. The van der Waals surface area contributed by atoms with Crippen LogP contribution in [0.5, 0.6) is 5.75 Å². The number of pyridine rings is 1. The molecule has 0 amide bonds. The van der Waals surface area contributed by atoms with Gasteiger partial charge in [0, 0.05) is 12.3 Å². The van der Waals surface area contributed by atoms with E-state index in [2.05, 4.69) is 4.98 Å². The van der Waals surface area contributed by atoms with Gasteiger partial charge < -0.3 is 14.8 Å². The fraction of sp³-hybridized carbons (Fsp3) is 0.154. The van der Waals surface area contributed by atoms with Gasteiger partial charge >= 0.3 is 7.12 Å². The van der Waals surface area contributed by atoms with Crippen LogP contribution in [-0.2, 0) is 6.61 Å². The number of rotatable bonds is 4. The third-order valence-corrected chi connectivity index (χ3v) is 2.69. The van der Waals surface area contributed by atoms with Gasteiger partial charge in [-0.1, -0.05) is 6.07 Å². The molecule has 0 atom stereocenters. The van der Waals surface area contributed by atoms with E-state index >= 15 is 0 Å². The van der Waals surface area contributed by atoms with E-state index in [1.165, 1.54) is 12.1 Å². The molecule has 2 N–H and O–H groups in total. The highest BCUT2D eigenvalue weighted by molar-refractivity contribution is 6.58. The lowest BCUT2D eigenvalue weighted by Crippen LogP contribution is -2.30. The van der Waals surface area contributed by atoms with E-state index in [9.17, 15) is 4.39 Å². The zero-order valence-electron chi connectivity index (χ0n) is 10.4. The van der Waals surface area contributed by atoms with Gasteiger partial charge in [-0.05, 0) is 36.1 Å². The van der Waals surface area contributed by atoms with Gasteiger partial charge in [0.05, 0.1) is 5.69 Å². The molecule has 4 nitrogen and oxygen atoms in total. The molecular weight excluding hydrogens is 248 g/mol. The summed E-state index contributed by atoms with van der Waals surface area (Å²) in [4.78, 5) is 4.16. The van der Waals surface area contributed by atoms with Crippen LogP contribution in [0.4, 0.5) is 4.39 Å². The minimum atomic E-state index is -1.73. The van der Waals surface area contributed by atoms with Crippen molar-refractivity contribution >= 4 is 12.6 Å². The molecule has 98 valence electrons. The summed E-state index contributed by atoms with van der Waals surface area (Å²) in [6.07, 6.45) is 1.65. The molecule has 1 heterocycles. The molecule has 0 aliphatic carbocycles. The van der Waals surface area contributed by atoms with Crippen molar-refractivity contribution in [3.05, 3.63) is 53.6 Å². The molecule has 1 aromatic carbocycles. The van der Waals surface area contributed by atoms with Gasteiger partial charge in [0.15, 0.2) is 0 Å². The Balaban J connectivity index is 2.14. The lowest BCUT2D eigenvalue weighted by Gasteiger charge is -2.09. The summed E-state index contributed by atoms with van der Waals surface area (Å²) < 4.78 is 18.7. The Morgan fingerprint density at radius 1 is 1.32 bits per heavy atom. The Morgan fingerprint density at radius 3 is 2.79 bits per heavy atom. The Hall–Kier alpha value is -1.92. The van der Waals surface area contributed by atoms with Crippen molar-refractivity contribution in [3.63, 3.8) is 0 Å². The predicted molar refractivity (Wildman–Crippen MR) is 69.5 cm³/mol. The van der Waals surface area contributed by atoms with Gasteiger partial charge in [-0.3, -0.25) is 4.98 Å². The molecule has 0 spiro atoms. The van der Waals surface area contributed by atoms with Crippen molar-refractivity contribution in [1.29, 1.82) is 0 Å². The first-order valence-corrected chi connectivity index (χ1v) is 5.76. The van der Waals surface area contributed by atoms with E-state index in [0.717, 1.165) is 17.3 Å². The summed E-state index contributed by atoms with van der Waals surface area (Å²) in [7, 11) is -1.73. The molecule has 0 aliphatic rings. The van der Waals surface area contributed by atoms with Gasteiger partial charge in [-0.25, -0.2) is 4.39 Å². The second kappa shape index (κ2) is 5.82. The fourth-order valence-corrected chi connectivity index (χ4v) is 1.64. The van der Waals surface area contributed by atoms with Crippen LogP contribution in [0.15, 0.2) is 36.5 Å². The highest BCUT2D eigenvalue weighted by Gasteiger charge is 2.14. The maximum Gasteiger partial charge on any atom is 0.488 e. The Morgan fingerprint density at radius 2 is 2.11 bits per heavy atom. The molecule has 0 radical (unpaired) electrons. The first-order chi connectivity index (χ1) is 9.06. The molecule has 6 heteroatoms. The van der Waals surface area contributed by atoms with Crippen molar-refractivity contribution < 1.29 is 19.2 Å². The van der Waals surface area contributed by atoms with Crippen molar-refractivity contribution in [3.8, 4) is 5.75 Å². The number of hydrogen-bond acceptors (Lipinski definition) is 4. The SMILES string of the molecule is Cc1cccnc1COc1cc(F)cc(B(O)O)c1. The van der Waals surface area contributed by atoms with Gasteiger partial charge in [0.1, 0.15) is 18.2 Å². The van der Waals surface area contributed by atoms with E-state index in [-0.39, 0.29) is 17.8 Å². The number of benzene rings is 1. The van der Waals surface area contributed by atoms with Crippen molar-refractivity contribution in [2.24, 2.45) is 0 Å². The highest BCUT2D eigenvalue weighted by Crippen LogP contribution is 2.14. The molecule has 2 aromatic rings. The summed E-state index contributed by atoms with van der Waals surface area (Å²) >= 11 is 0. The monoisotopic (exact) mass is 261 g/mol. The van der Waals surface area contributed by atoms with E-state index in [4.69, 9.17) is 14.8 Å². The largest absolute Gasteiger partial charge is 0.488 e. The standard InChI is InChI=1S/C13H13BFNO3/c1-9-3-2-4-16-13(9)8-19-12-6-10(14(17)18)5-11(15)7-12/h2-7,17-18H,8H2,1H3. The maximum atomic E-state index is 13.3. The summed E-state index contributed by atoms with van der Waals surface area (Å²) in [6, 6.07) is 7.33. The summed E-state index contributed by atoms with van der Waals surface area (Å²) in [5, 5.41) is 18.0. The maximum absolute atomic E-state index is 13.3. The van der Waals surface area contributed by atoms with E-state index in [1.807, 2.05) is 19.1 Å². The Labute approximate surface area is 110 Å². The third-order valence-electron chi connectivity index (χ3n) is 2.69. The van der Waals surface area contributed by atoms with Gasteiger partial charge in [0.25, 0.3) is 0 Å². The number of ether oxygens (including phenoxy) is 1. The van der Waals surface area contributed by atoms with Crippen LogP contribution in [0.2, 0.25) is 0 Å². The predicted octanol–water partition coefficient (Wildman–Crippen LogP) is 0.788. The second-order valence-electron chi connectivity index (χ2n) is 4.15. The van der Waals surface area contributed by atoms with Crippen LogP contribution >= 0.6 is 0 Å². The minimum absolute atomic E-state index is 0.0488.